The number of rotatable bonds is 1. The molecule has 0 amide bonds. The molecule has 2 heteroatoms. The molecule has 0 aromatic carbocycles. The zero-order chi connectivity index (χ0) is 7.40. The second-order valence-corrected chi connectivity index (χ2v) is 1.87. The van der Waals surface area contributed by atoms with Gasteiger partial charge in [-0.25, -0.2) is 0 Å². The van der Waals surface area contributed by atoms with Gasteiger partial charge < -0.3 is 4.57 Å². The lowest BCUT2D eigenvalue weighted by Gasteiger charge is -1.96. The molecule has 2 nitrogen and oxygen atoms in total. The van der Waals surface area contributed by atoms with Crippen LogP contribution < -0.4 is 5.49 Å². The Hall–Kier alpha value is -1.31. The van der Waals surface area contributed by atoms with E-state index in [1.165, 1.54) is 0 Å². The minimum absolute atomic E-state index is 0.914. The van der Waals surface area contributed by atoms with Gasteiger partial charge in [0.05, 0.1) is 0 Å². The molecule has 10 heavy (non-hydrogen) atoms. The zero-order valence-corrected chi connectivity index (χ0v) is 5.99. The Kier molecular flexibility index (Phi) is 2.05. The topological polar surface area (TPSA) is 17.3 Å². The van der Waals surface area contributed by atoms with Crippen molar-refractivity contribution in [2.45, 2.75) is 0 Å². The van der Waals surface area contributed by atoms with Crippen molar-refractivity contribution < 1.29 is 0 Å². The molecule has 0 atom stereocenters. The fourth-order valence-electron chi connectivity index (χ4n) is 0.791. The van der Waals surface area contributed by atoms with E-state index < -0.39 is 0 Å². The van der Waals surface area contributed by atoms with Crippen molar-refractivity contribution in [3.63, 3.8) is 0 Å². The van der Waals surface area contributed by atoms with Gasteiger partial charge in [0, 0.05) is 19.4 Å². The average molecular weight is 134 g/mol. The Morgan fingerprint density at radius 1 is 1.60 bits per heavy atom. The smallest absolute Gasteiger partial charge is 0.131 e. The van der Waals surface area contributed by atoms with E-state index in [-0.39, 0.29) is 0 Å². The van der Waals surface area contributed by atoms with Gasteiger partial charge >= 0.3 is 0 Å². The van der Waals surface area contributed by atoms with Crippen molar-refractivity contribution in [3.8, 4) is 0 Å². The molecule has 1 aromatic rings. The molecule has 0 fully saturated rings. The van der Waals surface area contributed by atoms with Gasteiger partial charge in [-0.3, -0.25) is 4.99 Å². The first-order valence-electron chi connectivity index (χ1n) is 3.11. The standard InChI is InChI=1S/C8H10N2/c1-3-10-7-5-4-6-8(10)9-2/h3-7H,1H2,2H3. The van der Waals surface area contributed by atoms with Crippen LogP contribution in [-0.4, -0.2) is 11.6 Å². The lowest BCUT2D eigenvalue weighted by atomic mass is 10.5. The van der Waals surface area contributed by atoms with E-state index in [0.29, 0.717) is 0 Å². The average Bonchev–Trinajstić information content (AvgIpc) is 2.04. The third-order valence-corrected chi connectivity index (χ3v) is 1.29. The third kappa shape index (κ3) is 1.16. The van der Waals surface area contributed by atoms with Gasteiger partial charge in [0.2, 0.25) is 0 Å². The maximum atomic E-state index is 4.03. The molecule has 52 valence electrons. The molecular weight excluding hydrogens is 124 g/mol. The number of nitrogens with zero attached hydrogens (tertiary/aromatic N) is 2. The third-order valence-electron chi connectivity index (χ3n) is 1.29. The van der Waals surface area contributed by atoms with Crippen LogP contribution in [0.2, 0.25) is 0 Å². The van der Waals surface area contributed by atoms with Gasteiger partial charge in [0.25, 0.3) is 0 Å². The van der Waals surface area contributed by atoms with Crippen LogP contribution >= 0.6 is 0 Å². The van der Waals surface area contributed by atoms with E-state index >= 15 is 0 Å². The minimum Gasteiger partial charge on any atom is -0.310 e. The van der Waals surface area contributed by atoms with E-state index in [9.17, 15) is 0 Å². The molecule has 0 saturated heterocycles. The summed E-state index contributed by atoms with van der Waals surface area (Å²) in [4.78, 5) is 4.03. The van der Waals surface area contributed by atoms with Gasteiger partial charge in [0.15, 0.2) is 0 Å². The Morgan fingerprint density at radius 2 is 2.40 bits per heavy atom. The summed E-state index contributed by atoms with van der Waals surface area (Å²) in [5.74, 6) is 0. The van der Waals surface area contributed by atoms with Gasteiger partial charge in [-0.15, -0.1) is 0 Å². The normalized spacial score (nSPS) is 11.5. The monoisotopic (exact) mass is 134 g/mol. The molecule has 1 heterocycles. The van der Waals surface area contributed by atoms with Crippen molar-refractivity contribution in [1.29, 1.82) is 0 Å². The molecule has 0 radical (unpaired) electrons. The summed E-state index contributed by atoms with van der Waals surface area (Å²) in [5.41, 5.74) is 0.914. The second kappa shape index (κ2) is 3.01. The first kappa shape index (κ1) is 6.81. The van der Waals surface area contributed by atoms with Crippen LogP contribution in [0.4, 0.5) is 0 Å². The van der Waals surface area contributed by atoms with E-state index in [0.717, 1.165) is 5.49 Å². The Morgan fingerprint density at radius 3 is 2.90 bits per heavy atom. The predicted molar refractivity (Wildman–Crippen MR) is 42.3 cm³/mol. The van der Waals surface area contributed by atoms with Crippen molar-refractivity contribution in [1.82, 2.24) is 4.57 Å². The molecule has 0 spiro atoms. The van der Waals surface area contributed by atoms with Crippen LogP contribution in [-0.2, 0) is 0 Å². The number of hydrogen-bond donors (Lipinski definition) is 0. The highest BCUT2D eigenvalue weighted by Gasteiger charge is 1.80. The quantitative estimate of drug-likeness (QED) is 0.547. The summed E-state index contributed by atoms with van der Waals surface area (Å²) in [7, 11) is 1.76. The van der Waals surface area contributed by atoms with Crippen LogP contribution in [0.5, 0.6) is 0 Å². The molecule has 1 rings (SSSR count). The molecule has 0 saturated carbocycles. The lowest BCUT2D eigenvalue weighted by Crippen LogP contribution is -2.13. The minimum atomic E-state index is 0.914. The highest BCUT2D eigenvalue weighted by Crippen LogP contribution is 1.80. The summed E-state index contributed by atoms with van der Waals surface area (Å²) in [5, 5.41) is 0. The Labute approximate surface area is 60.2 Å². The van der Waals surface area contributed by atoms with Crippen molar-refractivity contribution >= 4 is 6.20 Å². The van der Waals surface area contributed by atoms with Gasteiger partial charge in [-0.1, -0.05) is 12.6 Å². The maximum Gasteiger partial charge on any atom is 0.131 e. The first-order chi connectivity index (χ1) is 4.88. The summed E-state index contributed by atoms with van der Waals surface area (Å²) >= 11 is 0. The molecule has 0 aliphatic rings. The number of hydrogen-bond acceptors (Lipinski definition) is 1. The van der Waals surface area contributed by atoms with E-state index in [1.807, 2.05) is 29.0 Å². The van der Waals surface area contributed by atoms with Crippen LogP contribution in [0.25, 0.3) is 6.20 Å². The lowest BCUT2D eigenvalue weighted by molar-refractivity contribution is 0.992. The molecular formula is C8H10N2. The van der Waals surface area contributed by atoms with Crippen LogP contribution in [0.1, 0.15) is 0 Å². The summed E-state index contributed by atoms with van der Waals surface area (Å²) in [6.07, 6.45) is 3.64. The van der Waals surface area contributed by atoms with E-state index in [1.54, 1.807) is 13.2 Å². The highest BCUT2D eigenvalue weighted by atomic mass is 15.0. The van der Waals surface area contributed by atoms with Crippen LogP contribution in [0.3, 0.4) is 0 Å². The number of pyridine rings is 1. The fourth-order valence-corrected chi connectivity index (χ4v) is 0.791. The molecule has 0 N–H and O–H groups in total. The molecule has 1 aromatic heterocycles. The van der Waals surface area contributed by atoms with E-state index in [2.05, 4.69) is 11.6 Å². The van der Waals surface area contributed by atoms with Gasteiger partial charge in [-0.2, -0.15) is 0 Å². The summed E-state index contributed by atoms with van der Waals surface area (Å²) in [6, 6.07) is 5.82. The first-order valence-corrected chi connectivity index (χ1v) is 3.11. The maximum absolute atomic E-state index is 4.03. The van der Waals surface area contributed by atoms with Crippen LogP contribution in [0, 0.1) is 0 Å². The van der Waals surface area contributed by atoms with Crippen LogP contribution in [0.15, 0.2) is 36.0 Å². The molecule has 0 bridgehead atoms. The van der Waals surface area contributed by atoms with E-state index in [4.69, 9.17) is 0 Å². The second-order valence-electron chi connectivity index (χ2n) is 1.87. The molecule has 0 aliphatic heterocycles. The Balaban J connectivity index is 3.36. The molecule has 0 aliphatic carbocycles. The highest BCUT2D eigenvalue weighted by molar-refractivity contribution is 5.16. The summed E-state index contributed by atoms with van der Waals surface area (Å²) in [6.45, 7) is 3.64. The van der Waals surface area contributed by atoms with Crippen molar-refractivity contribution in [2.24, 2.45) is 4.99 Å². The Bertz CT molecular complexity index is 283. The largest absolute Gasteiger partial charge is 0.310 e. The fraction of sp³-hybridized carbons (Fsp3) is 0.125. The van der Waals surface area contributed by atoms with Gasteiger partial charge in [-0.05, 0) is 12.1 Å². The summed E-state index contributed by atoms with van der Waals surface area (Å²) < 4.78 is 1.86. The zero-order valence-electron chi connectivity index (χ0n) is 5.99. The number of aromatic nitrogens is 1. The predicted octanol–water partition coefficient (Wildman–Crippen LogP) is 1.12. The SMILES string of the molecule is C=Cn1ccccc1=NC. The van der Waals surface area contributed by atoms with Crippen molar-refractivity contribution in [3.05, 3.63) is 36.5 Å². The van der Waals surface area contributed by atoms with Crippen molar-refractivity contribution in [2.75, 3.05) is 7.05 Å². The molecule has 0 unspecified atom stereocenters. The van der Waals surface area contributed by atoms with Gasteiger partial charge in [0.1, 0.15) is 5.49 Å².